The zero-order chi connectivity index (χ0) is 15.6. The summed E-state index contributed by atoms with van der Waals surface area (Å²) in [6.45, 7) is 0.619. The molecule has 0 fully saturated rings. The van der Waals surface area contributed by atoms with Gasteiger partial charge in [-0.25, -0.2) is 0 Å². The fourth-order valence-corrected chi connectivity index (χ4v) is 1.40. The minimum atomic E-state index is -4.31. The molecule has 0 unspecified atom stereocenters. The van der Waals surface area contributed by atoms with Gasteiger partial charge in [0.2, 0.25) is 0 Å². The molecule has 1 N–H and O–H groups in total. The SMILES string of the molecule is COCCNCc1ccc(OCCOCC(F)(F)F)cn1. The second-order valence-corrected chi connectivity index (χ2v) is 4.17. The van der Waals surface area contributed by atoms with Crippen molar-refractivity contribution in [1.82, 2.24) is 10.3 Å². The van der Waals surface area contributed by atoms with E-state index in [9.17, 15) is 13.2 Å². The van der Waals surface area contributed by atoms with Gasteiger partial charge >= 0.3 is 6.18 Å². The maximum Gasteiger partial charge on any atom is 0.411 e. The molecule has 0 atom stereocenters. The van der Waals surface area contributed by atoms with Gasteiger partial charge in [-0.15, -0.1) is 0 Å². The van der Waals surface area contributed by atoms with E-state index in [4.69, 9.17) is 9.47 Å². The molecule has 0 saturated carbocycles. The van der Waals surface area contributed by atoms with Gasteiger partial charge in [0.1, 0.15) is 19.0 Å². The van der Waals surface area contributed by atoms with Crippen molar-refractivity contribution in [3.8, 4) is 5.75 Å². The van der Waals surface area contributed by atoms with E-state index in [2.05, 4.69) is 15.0 Å². The highest BCUT2D eigenvalue weighted by Gasteiger charge is 2.27. The van der Waals surface area contributed by atoms with E-state index in [1.54, 1.807) is 19.2 Å². The molecular formula is C13H19F3N2O3. The Morgan fingerprint density at radius 2 is 2.00 bits per heavy atom. The van der Waals surface area contributed by atoms with Crippen molar-refractivity contribution in [3.63, 3.8) is 0 Å². The molecule has 0 amide bonds. The summed E-state index contributed by atoms with van der Waals surface area (Å²) in [6, 6.07) is 3.50. The van der Waals surface area contributed by atoms with Crippen LogP contribution in [-0.4, -0.2) is 51.2 Å². The summed E-state index contributed by atoms with van der Waals surface area (Å²) in [5, 5.41) is 3.14. The third-order valence-electron chi connectivity index (χ3n) is 2.35. The first-order valence-electron chi connectivity index (χ1n) is 6.43. The summed E-state index contributed by atoms with van der Waals surface area (Å²) in [5.41, 5.74) is 0.840. The molecule has 0 aliphatic carbocycles. The Balaban J connectivity index is 2.16. The van der Waals surface area contributed by atoms with Gasteiger partial charge in [-0.3, -0.25) is 4.98 Å². The van der Waals surface area contributed by atoms with Gasteiger partial charge in [-0.05, 0) is 12.1 Å². The van der Waals surface area contributed by atoms with Crippen molar-refractivity contribution < 1.29 is 27.4 Å². The highest BCUT2D eigenvalue weighted by atomic mass is 19.4. The van der Waals surface area contributed by atoms with Crippen LogP contribution in [0.5, 0.6) is 5.75 Å². The monoisotopic (exact) mass is 308 g/mol. The zero-order valence-corrected chi connectivity index (χ0v) is 11.8. The van der Waals surface area contributed by atoms with E-state index in [1.807, 2.05) is 0 Å². The van der Waals surface area contributed by atoms with Crippen LogP contribution in [0.25, 0.3) is 0 Å². The number of nitrogens with one attached hydrogen (secondary N) is 1. The highest BCUT2D eigenvalue weighted by molar-refractivity contribution is 5.19. The molecule has 5 nitrogen and oxygen atoms in total. The molecule has 1 heterocycles. The number of alkyl halides is 3. The number of hydrogen-bond donors (Lipinski definition) is 1. The molecule has 8 heteroatoms. The van der Waals surface area contributed by atoms with Crippen LogP contribution in [-0.2, 0) is 16.0 Å². The second kappa shape index (κ2) is 9.54. The summed E-state index contributed by atoms with van der Waals surface area (Å²) in [4.78, 5) is 4.17. The second-order valence-electron chi connectivity index (χ2n) is 4.17. The topological polar surface area (TPSA) is 52.6 Å². The molecule has 1 aromatic heterocycles. The first-order chi connectivity index (χ1) is 10.0. The first kappa shape index (κ1) is 17.7. The lowest BCUT2D eigenvalue weighted by atomic mass is 10.3. The van der Waals surface area contributed by atoms with E-state index < -0.39 is 12.8 Å². The van der Waals surface area contributed by atoms with Gasteiger partial charge in [0.25, 0.3) is 0 Å². The number of rotatable bonds is 10. The van der Waals surface area contributed by atoms with Crippen LogP contribution < -0.4 is 10.1 Å². The quantitative estimate of drug-likeness (QED) is 0.668. The summed E-state index contributed by atoms with van der Waals surface area (Å²) >= 11 is 0. The third-order valence-corrected chi connectivity index (χ3v) is 2.35. The normalized spacial score (nSPS) is 11.6. The van der Waals surface area contributed by atoms with Crippen molar-refractivity contribution in [3.05, 3.63) is 24.0 Å². The average molecular weight is 308 g/mol. The molecular weight excluding hydrogens is 289 g/mol. The summed E-state index contributed by atoms with van der Waals surface area (Å²) in [5.74, 6) is 0.492. The number of pyridine rings is 1. The lowest BCUT2D eigenvalue weighted by molar-refractivity contribution is -0.175. The molecule has 0 aliphatic rings. The Labute approximate surface area is 121 Å². The molecule has 0 spiro atoms. The first-order valence-corrected chi connectivity index (χ1v) is 6.43. The van der Waals surface area contributed by atoms with E-state index in [1.165, 1.54) is 6.20 Å². The van der Waals surface area contributed by atoms with Gasteiger partial charge in [-0.1, -0.05) is 0 Å². The Bertz CT molecular complexity index is 385. The van der Waals surface area contributed by atoms with Crippen LogP contribution in [0.3, 0.4) is 0 Å². The van der Waals surface area contributed by atoms with Crippen molar-refractivity contribution in [2.75, 3.05) is 40.1 Å². The van der Waals surface area contributed by atoms with Gasteiger partial charge in [0.05, 0.1) is 25.1 Å². The number of hydrogen-bond acceptors (Lipinski definition) is 5. The lowest BCUT2D eigenvalue weighted by Gasteiger charge is -2.09. The Hall–Kier alpha value is -1.38. The molecule has 0 saturated heterocycles. The maximum absolute atomic E-state index is 11.8. The number of methoxy groups -OCH3 is 1. The molecule has 1 rings (SSSR count). The Morgan fingerprint density at radius 3 is 2.62 bits per heavy atom. The maximum atomic E-state index is 11.8. The van der Waals surface area contributed by atoms with Crippen molar-refractivity contribution in [2.24, 2.45) is 0 Å². The van der Waals surface area contributed by atoms with E-state index in [-0.39, 0.29) is 13.2 Å². The number of ether oxygens (including phenoxy) is 3. The summed E-state index contributed by atoms with van der Waals surface area (Å²) < 4.78 is 50.0. The van der Waals surface area contributed by atoms with Crippen molar-refractivity contribution >= 4 is 0 Å². The molecule has 0 radical (unpaired) electrons. The fraction of sp³-hybridized carbons (Fsp3) is 0.615. The number of halogens is 3. The number of aromatic nitrogens is 1. The van der Waals surface area contributed by atoms with Crippen LogP contribution in [0, 0.1) is 0 Å². The predicted molar refractivity (Wildman–Crippen MR) is 70.2 cm³/mol. The third kappa shape index (κ3) is 9.22. The summed E-state index contributed by atoms with van der Waals surface area (Å²) in [6.07, 6.45) is -2.78. The molecule has 1 aromatic rings. The Kier molecular flexibility index (Phi) is 8.03. The van der Waals surface area contributed by atoms with Crippen LogP contribution in [0.1, 0.15) is 5.69 Å². The molecule has 0 aromatic carbocycles. The van der Waals surface area contributed by atoms with Crippen LogP contribution in [0.4, 0.5) is 13.2 Å². The zero-order valence-electron chi connectivity index (χ0n) is 11.8. The fourth-order valence-electron chi connectivity index (χ4n) is 1.40. The number of nitrogens with zero attached hydrogens (tertiary/aromatic N) is 1. The van der Waals surface area contributed by atoms with E-state index in [0.717, 1.165) is 12.2 Å². The van der Waals surface area contributed by atoms with Crippen LogP contribution in [0.2, 0.25) is 0 Å². The Morgan fingerprint density at radius 1 is 1.19 bits per heavy atom. The van der Waals surface area contributed by atoms with Gasteiger partial charge in [-0.2, -0.15) is 13.2 Å². The largest absolute Gasteiger partial charge is 0.490 e. The predicted octanol–water partition coefficient (Wildman–Crippen LogP) is 1.78. The standard InChI is InChI=1S/C13H19F3N2O3/c1-19-5-4-17-8-11-2-3-12(9-18-11)21-7-6-20-10-13(14,15)16/h2-3,9,17H,4-8,10H2,1H3. The molecule has 120 valence electrons. The van der Waals surface area contributed by atoms with E-state index in [0.29, 0.717) is 18.9 Å². The van der Waals surface area contributed by atoms with Gasteiger partial charge in [0, 0.05) is 20.2 Å². The lowest BCUT2D eigenvalue weighted by Crippen LogP contribution is -2.19. The average Bonchev–Trinajstić information content (AvgIpc) is 2.43. The van der Waals surface area contributed by atoms with E-state index >= 15 is 0 Å². The van der Waals surface area contributed by atoms with Gasteiger partial charge < -0.3 is 19.5 Å². The molecule has 0 bridgehead atoms. The molecule has 0 aliphatic heterocycles. The smallest absolute Gasteiger partial charge is 0.411 e. The minimum Gasteiger partial charge on any atom is -0.490 e. The van der Waals surface area contributed by atoms with Crippen molar-refractivity contribution in [2.45, 2.75) is 12.7 Å². The highest BCUT2D eigenvalue weighted by Crippen LogP contribution is 2.14. The van der Waals surface area contributed by atoms with Gasteiger partial charge in [0.15, 0.2) is 0 Å². The van der Waals surface area contributed by atoms with Crippen LogP contribution >= 0.6 is 0 Å². The van der Waals surface area contributed by atoms with Crippen LogP contribution in [0.15, 0.2) is 18.3 Å². The summed E-state index contributed by atoms with van der Waals surface area (Å²) in [7, 11) is 1.63. The van der Waals surface area contributed by atoms with Crippen molar-refractivity contribution in [1.29, 1.82) is 0 Å². The minimum absolute atomic E-state index is 0.0448. The molecule has 21 heavy (non-hydrogen) atoms.